The molecule has 0 aliphatic rings. The Morgan fingerprint density at radius 1 is 0.293 bits per heavy atom. The van der Waals surface area contributed by atoms with Gasteiger partial charge in [-0.05, 0) is 96.1 Å². The minimum Gasteiger partial charge on any atom is -0.454 e. The zero-order valence-electron chi connectivity index (χ0n) is 31.3. The highest BCUT2D eigenvalue weighted by Crippen LogP contribution is 2.45. The molecule has 0 saturated carbocycles. The second-order valence-electron chi connectivity index (χ2n) is 15.3. The van der Waals surface area contributed by atoms with Crippen molar-refractivity contribution >= 4 is 87.4 Å². The lowest BCUT2D eigenvalue weighted by Gasteiger charge is -2.10. The number of para-hydroxylation sites is 5. The number of nitrogens with zero attached hydrogens (tertiary/aromatic N) is 3. The lowest BCUT2D eigenvalue weighted by Crippen LogP contribution is -1.94. The summed E-state index contributed by atoms with van der Waals surface area (Å²) >= 11 is 0. The van der Waals surface area contributed by atoms with Crippen molar-refractivity contribution in [1.29, 1.82) is 0 Å². The fourth-order valence-electron chi connectivity index (χ4n) is 9.76. The predicted molar refractivity (Wildman–Crippen MR) is 242 cm³/mol. The molecule has 4 heteroatoms. The second kappa shape index (κ2) is 11.8. The van der Waals surface area contributed by atoms with Gasteiger partial charge in [-0.1, -0.05) is 115 Å². The van der Waals surface area contributed by atoms with Crippen LogP contribution >= 0.6 is 0 Å². The summed E-state index contributed by atoms with van der Waals surface area (Å²) in [6, 6.07) is 72.4. The first kappa shape index (κ1) is 31.4. The summed E-state index contributed by atoms with van der Waals surface area (Å²) in [5, 5.41) is 9.65. The molecule has 0 bridgehead atoms. The van der Waals surface area contributed by atoms with E-state index in [0.717, 1.165) is 50.0 Å². The number of fused-ring (bicyclic) bond motifs is 14. The third-order valence-corrected chi connectivity index (χ3v) is 12.2. The molecular formula is C54H33N3O. The molecule has 0 aliphatic carbocycles. The fourth-order valence-corrected chi connectivity index (χ4v) is 9.76. The molecule has 13 aromatic rings. The second-order valence-corrected chi connectivity index (χ2v) is 15.3. The molecule has 9 aromatic carbocycles. The summed E-state index contributed by atoms with van der Waals surface area (Å²) in [5.41, 5.74) is 14.6. The van der Waals surface area contributed by atoms with Crippen molar-refractivity contribution in [3.8, 4) is 28.2 Å². The van der Waals surface area contributed by atoms with E-state index in [9.17, 15) is 0 Å². The van der Waals surface area contributed by atoms with E-state index >= 15 is 0 Å². The van der Waals surface area contributed by atoms with Crippen LogP contribution in [0.1, 0.15) is 0 Å². The molecular weight excluding hydrogens is 707 g/mol. The van der Waals surface area contributed by atoms with Crippen molar-refractivity contribution in [2.24, 2.45) is 0 Å². The van der Waals surface area contributed by atoms with Crippen molar-refractivity contribution in [1.82, 2.24) is 13.7 Å². The molecule has 4 heterocycles. The van der Waals surface area contributed by atoms with Gasteiger partial charge in [0.25, 0.3) is 0 Å². The SMILES string of the molecule is c1ccc(-n2c3ccccc3c3c4c5ccc(-c6ccc7c(c6)c6ccc8c9ccccc9oc8c6n7-c6ccccc6)cc5n(-c5ccccc5)c4ccc32)cc1. The van der Waals surface area contributed by atoms with Crippen LogP contribution in [0.25, 0.3) is 116 Å². The molecule has 0 N–H and O–H groups in total. The summed E-state index contributed by atoms with van der Waals surface area (Å²) in [4.78, 5) is 0. The number of aromatic nitrogens is 3. The lowest BCUT2D eigenvalue weighted by molar-refractivity contribution is 0.671. The van der Waals surface area contributed by atoms with Crippen molar-refractivity contribution in [2.75, 3.05) is 0 Å². The Morgan fingerprint density at radius 2 is 0.776 bits per heavy atom. The molecule has 13 rings (SSSR count). The summed E-state index contributed by atoms with van der Waals surface area (Å²) in [7, 11) is 0. The highest BCUT2D eigenvalue weighted by Gasteiger charge is 2.23. The third kappa shape index (κ3) is 4.29. The summed E-state index contributed by atoms with van der Waals surface area (Å²) in [5.74, 6) is 0. The van der Waals surface area contributed by atoms with Crippen LogP contribution in [0.2, 0.25) is 0 Å². The van der Waals surface area contributed by atoms with Gasteiger partial charge in [-0.3, -0.25) is 0 Å². The van der Waals surface area contributed by atoms with Gasteiger partial charge in [-0.15, -0.1) is 0 Å². The molecule has 270 valence electrons. The number of hydrogen-bond acceptors (Lipinski definition) is 1. The van der Waals surface area contributed by atoms with E-state index in [4.69, 9.17) is 4.42 Å². The molecule has 4 aromatic heterocycles. The minimum absolute atomic E-state index is 0.902. The number of benzene rings is 9. The van der Waals surface area contributed by atoms with E-state index < -0.39 is 0 Å². The van der Waals surface area contributed by atoms with Crippen molar-refractivity contribution in [3.05, 3.63) is 200 Å². The normalized spacial score (nSPS) is 12.1. The standard InChI is InChI=1S/C54H33N3O/c1-4-14-36(15-5-1)55-45-22-12-10-21-42(45)51-47(55)30-31-48-52(51)43-26-24-35(33-49(43)56(48)37-16-6-2-7-17-37)34-25-29-46-44(32-34)40-27-28-41-39-20-11-13-23-50(39)58-54(41)53(40)57(46)38-18-8-3-9-19-38/h1-33H. The van der Waals surface area contributed by atoms with Crippen molar-refractivity contribution in [2.45, 2.75) is 0 Å². The van der Waals surface area contributed by atoms with Crippen LogP contribution in [0, 0.1) is 0 Å². The maximum atomic E-state index is 6.66. The molecule has 0 fully saturated rings. The largest absolute Gasteiger partial charge is 0.454 e. The molecule has 0 saturated heterocycles. The van der Waals surface area contributed by atoms with Gasteiger partial charge in [-0.2, -0.15) is 0 Å². The first-order chi connectivity index (χ1) is 28.8. The summed E-state index contributed by atoms with van der Waals surface area (Å²) in [6.45, 7) is 0. The van der Waals surface area contributed by atoms with E-state index in [1.807, 2.05) is 6.07 Å². The topological polar surface area (TPSA) is 27.9 Å². The number of rotatable bonds is 4. The minimum atomic E-state index is 0.902. The van der Waals surface area contributed by atoms with Crippen LogP contribution in [0.15, 0.2) is 205 Å². The highest BCUT2D eigenvalue weighted by molar-refractivity contribution is 6.29. The van der Waals surface area contributed by atoms with Gasteiger partial charge in [-0.25, -0.2) is 0 Å². The van der Waals surface area contributed by atoms with Crippen LogP contribution in [0.5, 0.6) is 0 Å². The maximum Gasteiger partial charge on any atom is 0.160 e. The number of furan rings is 1. The summed E-state index contributed by atoms with van der Waals surface area (Å²) in [6.07, 6.45) is 0. The Kier molecular flexibility index (Phi) is 6.41. The van der Waals surface area contributed by atoms with Crippen molar-refractivity contribution < 1.29 is 4.42 Å². The molecule has 4 nitrogen and oxygen atoms in total. The monoisotopic (exact) mass is 739 g/mol. The molecule has 58 heavy (non-hydrogen) atoms. The maximum absolute atomic E-state index is 6.66. The Bertz CT molecular complexity index is 3770. The van der Waals surface area contributed by atoms with Gasteiger partial charge >= 0.3 is 0 Å². The van der Waals surface area contributed by atoms with Gasteiger partial charge in [0.2, 0.25) is 0 Å². The van der Waals surface area contributed by atoms with Gasteiger partial charge in [0, 0.05) is 60.2 Å². The fraction of sp³-hybridized carbons (Fsp3) is 0. The van der Waals surface area contributed by atoms with Crippen molar-refractivity contribution in [3.63, 3.8) is 0 Å². The van der Waals surface area contributed by atoms with E-state index in [2.05, 4.69) is 208 Å². The summed E-state index contributed by atoms with van der Waals surface area (Å²) < 4.78 is 13.9. The van der Waals surface area contributed by atoms with Gasteiger partial charge < -0.3 is 18.1 Å². The van der Waals surface area contributed by atoms with Gasteiger partial charge in [0.1, 0.15) is 5.58 Å². The molecule has 0 aliphatic heterocycles. The average molecular weight is 740 g/mol. The first-order valence-corrected chi connectivity index (χ1v) is 19.9. The highest BCUT2D eigenvalue weighted by atomic mass is 16.3. The molecule has 0 amide bonds. The van der Waals surface area contributed by atoms with Gasteiger partial charge in [0.05, 0.1) is 33.1 Å². The van der Waals surface area contributed by atoms with Crippen LogP contribution in [0.3, 0.4) is 0 Å². The van der Waals surface area contributed by atoms with E-state index in [1.54, 1.807) is 0 Å². The smallest absolute Gasteiger partial charge is 0.160 e. The Balaban J connectivity index is 1.09. The zero-order chi connectivity index (χ0) is 37.9. The Morgan fingerprint density at radius 3 is 1.48 bits per heavy atom. The van der Waals surface area contributed by atoms with Crippen LogP contribution in [-0.4, -0.2) is 13.7 Å². The van der Waals surface area contributed by atoms with Crippen LogP contribution in [0.4, 0.5) is 0 Å². The molecule has 0 unspecified atom stereocenters. The van der Waals surface area contributed by atoms with E-state index in [0.29, 0.717) is 0 Å². The van der Waals surface area contributed by atoms with Gasteiger partial charge in [0.15, 0.2) is 5.58 Å². The molecule has 0 spiro atoms. The van der Waals surface area contributed by atoms with Crippen LogP contribution in [-0.2, 0) is 0 Å². The first-order valence-electron chi connectivity index (χ1n) is 19.9. The Hall–Kier alpha value is -7.82. The third-order valence-electron chi connectivity index (χ3n) is 12.2. The number of hydrogen-bond donors (Lipinski definition) is 0. The predicted octanol–water partition coefficient (Wildman–Crippen LogP) is 14.5. The van der Waals surface area contributed by atoms with E-state index in [1.165, 1.54) is 65.5 Å². The van der Waals surface area contributed by atoms with Crippen LogP contribution < -0.4 is 0 Å². The molecule has 0 atom stereocenters. The Labute approximate surface area is 332 Å². The quantitative estimate of drug-likeness (QED) is 0.177. The average Bonchev–Trinajstić information content (AvgIpc) is 4.03. The zero-order valence-corrected chi connectivity index (χ0v) is 31.3. The van der Waals surface area contributed by atoms with E-state index in [-0.39, 0.29) is 0 Å². The lowest BCUT2D eigenvalue weighted by atomic mass is 10.00. The molecule has 0 radical (unpaired) electrons.